The lowest BCUT2D eigenvalue weighted by atomic mass is 10.1. The van der Waals surface area contributed by atoms with Crippen LogP contribution in [0.25, 0.3) is 0 Å². The molecule has 1 aliphatic carbocycles. The molecule has 0 saturated carbocycles. The normalized spacial score (nSPS) is 22.3. The zero-order valence-electron chi connectivity index (χ0n) is 16.8. The molecule has 1 amide bonds. The summed E-state index contributed by atoms with van der Waals surface area (Å²) in [5.74, 6) is -0.0566. The van der Waals surface area contributed by atoms with Gasteiger partial charge in [0.1, 0.15) is 11.1 Å². The van der Waals surface area contributed by atoms with Crippen LogP contribution < -0.4 is 5.32 Å². The van der Waals surface area contributed by atoms with Crippen molar-refractivity contribution < 1.29 is 9.53 Å². The Labute approximate surface area is 176 Å². The third kappa shape index (κ3) is 4.69. The first kappa shape index (κ1) is 20.1. The third-order valence-corrected chi connectivity index (χ3v) is 6.87. The Morgan fingerprint density at radius 2 is 2.03 bits per heavy atom. The molecule has 1 fully saturated rings. The Hall–Kier alpha value is -2.20. The molecule has 29 heavy (non-hydrogen) atoms. The van der Waals surface area contributed by atoms with E-state index in [4.69, 9.17) is 4.74 Å². The quantitative estimate of drug-likeness (QED) is 0.765. The van der Waals surface area contributed by atoms with E-state index in [9.17, 15) is 10.1 Å². The summed E-state index contributed by atoms with van der Waals surface area (Å²) in [7, 11) is 0. The van der Waals surface area contributed by atoms with E-state index in [2.05, 4.69) is 28.4 Å². The summed E-state index contributed by atoms with van der Waals surface area (Å²) in [6.45, 7) is 3.77. The molecular weight excluding hydrogens is 382 g/mol. The van der Waals surface area contributed by atoms with Crippen molar-refractivity contribution in [3.05, 3.63) is 51.9 Å². The predicted octanol–water partition coefficient (Wildman–Crippen LogP) is 4.29. The summed E-state index contributed by atoms with van der Waals surface area (Å²) in [4.78, 5) is 16.2. The number of rotatable bonds is 4. The maximum Gasteiger partial charge on any atom is 0.239 e. The number of nitrogens with zero attached hydrogens (tertiary/aromatic N) is 2. The SMILES string of the molecule is CC1CN(CC(=O)Nc2sc3c(c2C#N)CCCCC3)CC(c2ccccc2)O1. The first-order valence-electron chi connectivity index (χ1n) is 10.4. The number of hydrogen-bond donors (Lipinski definition) is 1. The van der Waals surface area contributed by atoms with Crippen LogP contribution in [0.1, 0.15) is 53.9 Å². The minimum atomic E-state index is -0.0566. The number of morpholine rings is 1. The van der Waals surface area contributed by atoms with Crippen molar-refractivity contribution in [1.82, 2.24) is 4.90 Å². The lowest BCUT2D eigenvalue weighted by Gasteiger charge is -2.36. The van der Waals surface area contributed by atoms with Crippen LogP contribution in [0.2, 0.25) is 0 Å². The molecule has 152 valence electrons. The zero-order valence-corrected chi connectivity index (χ0v) is 17.6. The van der Waals surface area contributed by atoms with Crippen LogP contribution in [-0.4, -0.2) is 36.5 Å². The van der Waals surface area contributed by atoms with E-state index in [1.54, 1.807) is 11.3 Å². The maximum atomic E-state index is 12.8. The van der Waals surface area contributed by atoms with Gasteiger partial charge in [-0.3, -0.25) is 9.69 Å². The van der Waals surface area contributed by atoms with E-state index in [-0.39, 0.29) is 18.1 Å². The average Bonchev–Trinajstić information content (AvgIpc) is 2.87. The van der Waals surface area contributed by atoms with Crippen LogP contribution >= 0.6 is 11.3 Å². The van der Waals surface area contributed by atoms with Crippen molar-refractivity contribution in [2.24, 2.45) is 0 Å². The highest BCUT2D eigenvalue weighted by Gasteiger charge is 2.28. The summed E-state index contributed by atoms with van der Waals surface area (Å²) in [5, 5.41) is 13.4. The molecule has 0 spiro atoms. The number of benzene rings is 1. The lowest BCUT2D eigenvalue weighted by Crippen LogP contribution is -2.46. The highest BCUT2D eigenvalue weighted by Crippen LogP contribution is 2.37. The van der Waals surface area contributed by atoms with Gasteiger partial charge in [-0.15, -0.1) is 11.3 Å². The minimum absolute atomic E-state index is 0.0276. The molecule has 2 aliphatic rings. The largest absolute Gasteiger partial charge is 0.368 e. The van der Waals surface area contributed by atoms with Crippen LogP contribution in [0.15, 0.2) is 30.3 Å². The molecule has 4 rings (SSSR count). The van der Waals surface area contributed by atoms with Crippen LogP contribution in [0, 0.1) is 11.3 Å². The number of nitriles is 1. The van der Waals surface area contributed by atoms with E-state index in [1.807, 2.05) is 25.1 Å². The minimum Gasteiger partial charge on any atom is -0.368 e. The number of nitrogens with one attached hydrogen (secondary N) is 1. The molecule has 1 aromatic carbocycles. The number of fused-ring (bicyclic) bond motifs is 1. The van der Waals surface area contributed by atoms with Crippen molar-refractivity contribution >= 4 is 22.2 Å². The van der Waals surface area contributed by atoms with Crippen molar-refractivity contribution in [3.63, 3.8) is 0 Å². The number of aryl methyl sites for hydroxylation is 1. The smallest absolute Gasteiger partial charge is 0.239 e. The van der Waals surface area contributed by atoms with Crippen molar-refractivity contribution in [2.75, 3.05) is 25.0 Å². The van der Waals surface area contributed by atoms with E-state index in [1.165, 1.54) is 11.3 Å². The third-order valence-electron chi connectivity index (χ3n) is 5.66. The number of hydrogen-bond acceptors (Lipinski definition) is 5. The van der Waals surface area contributed by atoms with Gasteiger partial charge in [-0.1, -0.05) is 36.8 Å². The van der Waals surface area contributed by atoms with Crippen molar-refractivity contribution in [2.45, 2.75) is 51.2 Å². The maximum absolute atomic E-state index is 12.8. The number of carbonyl (C=O) groups excluding carboxylic acids is 1. The molecule has 2 atom stereocenters. The fourth-order valence-corrected chi connectivity index (χ4v) is 5.59. The Morgan fingerprint density at radius 1 is 1.24 bits per heavy atom. The van der Waals surface area contributed by atoms with Gasteiger partial charge in [0.25, 0.3) is 0 Å². The van der Waals surface area contributed by atoms with Gasteiger partial charge < -0.3 is 10.1 Å². The number of amides is 1. The van der Waals surface area contributed by atoms with E-state index < -0.39 is 0 Å². The zero-order chi connectivity index (χ0) is 20.2. The van der Waals surface area contributed by atoms with E-state index >= 15 is 0 Å². The number of carbonyl (C=O) groups is 1. The first-order chi connectivity index (χ1) is 14.1. The first-order valence-corrected chi connectivity index (χ1v) is 11.2. The molecule has 5 nitrogen and oxygen atoms in total. The molecule has 1 aliphatic heterocycles. The van der Waals surface area contributed by atoms with Crippen molar-refractivity contribution in [3.8, 4) is 6.07 Å². The van der Waals surface area contributed by atoms with Crippen molar-refractivity contribution in [1.29, 1.82) is 5.26 Å². The number of anilines is 1. The molecule has 2 heterocycles. The monoisotopic (exact) mass is 409 g/mol. The summed E-state index contributed by atoms with van der Waals surface area (Å²) in [6.07, 6.45) is 5.51. The Balaban J connectivity index is 1.43. The second-order valence-corrected chi connectivity index (χ2v) is 9.07. The van der Waals surface area contributed by atoms with Gasteiger partial charge in [-0.2, -0.15) is 5.26 Å². The number of ether oxygens (including phenoxy) is 1. The Kier molecular flexibility index (Phi) is 6.29. The Bertz CT molecular complexity index is 903. The fourth-order valence-electron chi connectivity index (χ4n) is 4.34. The number of thiophene rings is 1. The molecule has 1 N–H and O–H groups in total. The second-order valence-electron chi connectivity index (χ2n) is 7.97. The highest BCUT2D eigenvalue weighted by molar-refractivity contribution is 7.16. The molecular formula is C23H27N3O2S. The predicted molar refractivity (Wildman–Crippen MR) is 115 cm³/mol. The van der Waals surface area contributed by atoms with Gasteiger partial charge in [-0.05, 0) is 43.7 Å². The van der Waals surface area contributed by atoms with Gasteiger partial charge in [0.15, 0.2) is 0 Å². The molecule has 2 aromatic rings. The molecule has 6 heteroatoms. The molecule has 0 bridgehead atoms. The Morgan fingerprint density at radius 3 is 2.83 bits per heavy atom. The van der Waals surface area contributed by atoms with Crippen LogP contribution in [0.4, 0.5) is 5.00 Å². The summed E-state index contributed by atoms with van der Waals surface area (Å²) >= 11 is 1.59. The van der Waals surface area contributed by atoms with E-state index in [0.29, 0.717) is 18.7 Å². The van der Waals surface area contributed by atoms with Gasteiger partial charge in [0.05, 0.1) is 24.3 Å². The van der Waals surface area contributed by atoms with Crippen LogP contribution in [0.3, 0.4) is 0 Å². The molecule has 1 aromatic heterocycles. The molecule has 2 unspecified atom stereocenters. The second kappa shape index (κ2) is 9.08. The average molecular weight is 410 g/mol. The standard InChI is InChI=1S/C23H27N3O2S/c1-16-13-26(14-20(28-16)17-8-4-2-5-9-17)15-22(27)25-23-19(12-24)18-10-6-3-7-11-21(18)29-23/h2,4-5,8-9,16,20H,3,6-7,10-11,13-15H2,1H3,(H,25,27). The van der Waals surface area contributed by atoms with Crippen LogP contribution in [0.5, 0.6) is 0 Å². The van der Waals surface area contributed by atoms with Gasteiger partial charge in [-0.25, -0.2) is 0 Å². The van der Waals surface area contributed by atoms with Gasteiger partial charge in [0, 0.05) is 18.0 Å². The topological polar surface area (TPSA) is 65.4 Å². The van der Waals surface area contributed by atoms with Gasteiger partial charge >= 0.3 is 0 Å². The molecule has 0 radical (unpaired) electrons. The van der Waals surface area contributed by atoms with Crippen LogP contribution in [-0.2, 0) is 22.4 Å². The summed E-state index contributed by atoms with van der Waals surface area (Å²) < 4.78 is 6.09. The summed E-state index contributed by atoms with van der Waals surface area (Å²) in [5.41, 5.74) is 2.98. The van der Waals surface area contributed by atoms with Gasteiger partial charge in [0.2, 0.25) is 5.91 Å². The fraction of sp³-hybridized carbons (Fsp3) is 0.478. The molecule has 1 saturated heterocycles. The highest BCUT2D eigenvalue weighted by atomic mass is 32.1. The van der Waals surface area contributed by atoms with E-state index in [0.717, 1.165) is 48.4 Å². The summed E-state index contributed by atoms with van der Waals surface area (Å²) in [6, 6.07) is 12.5. The lowest BCUT2D eigenvalue weighted by molar-refractivity contribution is -0.122.